The zero-order valence-electron chi connectivity index (χ0n) is 9.41. The van der Waals surface area contributed by atoms with Gasteiger partial charge in [-0.3, -0.25) is 0 Å². The summed E-state index contributed by atoms with van der Waals surface area (Å²) < 4.78 is 5.34. The Morgan fingerprint density at radius 1 is 1.47 bits per heavy atom. The van der Waals surface area contributed by atoms with Gasteiger partial charge in [0.25, 0.3) is 0 Å². The monoisotopic (exact) mass is 223 g/mol. The first-order valence-corrected chi connectivity index (χ1v) is 6.09. The molecule has 2 rings (SSSR count). The predicted molar refractivity (Wildman–Crippen MR) is 65.3 cm³/mol. The Kier molecular flexibility index (Phi) is 2.69. The Hall–Kier alpha value is -0.670. The van der Waals surface area contributed by atoms with Crippen molar-refractivity contribution < 1.29 is 4.74 Å². The molecule has 0 bridgehead atoms. The van der Waals surface area contributed by atoms with Gasteiger partial charge in [-0.15, -0.1) is 11.8 Å². The van der Waals surface area contributed by atoms with Crippen molar-refractivity contribution in [3.05, 3.63) is 29.3 Å². The Balaban J connectivity index is 2.44. The third-order valence-corrected chi connectivity index (χ3v) is 4.49. The van der Waals surface area contributed by atoms with Gasteiger partial charge in [-0.1, -0.05) is 6.07 Å². The molecule has 0 fully saturated rings. The number of ether oxygens (including phenoxy) is 1. The lowest BCUT2D eigenvalue weighted by Gasteiger charge is -2.37. The van der Waals surface area contributed by atoms with Gasteiger partial charge in [0.05, 0.1) is 7.11 Å². The summed E-state index contributed by atoms with van der Waals surface area (Å²) >= 11 is 1.92. The Morgan fingerprint density at radius 3 is 2.87 bits per heavy atom. The minimum Gasteiger partial charge on any atom is -0.497 e. The fourth-order valence-electron chi connectivity index (χ4n) is 1.85. The summed E-state index contributed by atoms with van der Waals surface area (Å²) in [4.78, 5) is 0. The van der Waals surface area contributed by atoms with Crippen LogP contribution in [0.5, 0.6) is 5.75 Å². The van der Waals surface area contributed by atoms with Crippen LogP contribution in [-0.4, -0.2) is 11.9 Å². The molecule has 1 heterocycles. The summed E-state index contributed by atoms with van der Waals surface area (Å²) in [5.41, 5.74) is 8.85. The van der Waals surface area contributed by atoms with Crippen LogP contribution in [0.3, 0.4) is 0 Å². The zero-order valence-corrected chi connectivity index (χ0v) is 10.2. The number of hydrogen-bond acceptors (Lipinski definition) is 3. The smallest absolute Gasteiger partial charge is 0.119 e. The summed E-state index contributed by atoms with van der Waals surface area (Å²) in [5.74, 6) is 1.94. The fraction of sp³-hybridized carbons (Fsp3) is 0.500. The van der Waals surface area contributed by atoms with E-state index in [1.807, 2.05) is 17.8 Å². The minimum atomic E-state index is 0.0846. The highest BCUT2D eigenvalue weighted by Gasteiger charge is 2.34. The molecule has 0 aromatic heterocycles. The average molecular weight is 223 g/mol. The number of rotatable bonds is 1. The molecule has 15 heavy (non-hydrogen) atoms. The lowest BCUT2D eigenvalue weighted by molar-refractivity contribution is 0.412. The van der Waals surface area contributed by atoms with Gasteiger partial charge < -0.3 is 10.5 Å². The van der Waals surface area contributed by atoms with Crippen LogP contribution in [0.1, 0.15) is 31.0 Å². The van der Waals surface area contributed by atoms with Crippen LogP contribution in [0.15, 0.2) is 18.2 Å². The average Bonchev–Trinajstić information content (AvgIpc) is 2.24. The molecule has 1 aromatic carbocycles. The van der Waals surface area contributed by atoms with Crippen LogP contribution in [0.4, 0.5) is 0 Å². The number of hydrogen-bond donors (Lipinski definition) is 1. The van der Waals surface area contributed by atoms with E-state index in [9.17, 15) is 0 Å². The molecule has 0 amide bonds. The Bertz CT molecular complexity index is 376. The molecule has 0 radical (unpaired) electrons. The maximum absolute atomic E-state index is 6.27. The summed E-state index contributed by atoms with van der Waals surface area (Å²) in [6, 6.07) is 6.28. The van der Waals surface area contributed by atoms with E-state index in [2.05, 4.69) is 26.0 Å². The van der Waals surface area contributed by atoms with Gasteiger partial charge >= 0.3 is 0 Å². The maximum atomic E-state index is 6.27. The van der Waals surface area contributed by atoms with Gasteiger partial charge in [0, 0.05) is 16.5 Å². The topological polar surface area (TPSA) is 35.2 Å². The van der Waals surface area contributed by atoms with Crippen molar-refractivity contribution >= 4 is 11.8 Å². The first-order valence-electron chi connectivity index (χ1n) is 5.11. The van der Waals surface area contributed by atoms with Crippen molar-refractivity contribution in [1.82, 2.24) is 0 Å². The summed E-state index contributed by atoms with van der Waals surface area (Å²) in [6.45, 7) is 4.40. The van der Waals surface area contributed by atoms with Crippen LogP contribution in [0.2, 0.25) is 0 Å². The fourth-order valence-corrected chi connectivity index (χ4v) is 2.95. The Labute approximate surface area is 95.2 Å². The highest BCUT2D eigenvalue weighted by Crippen LogP contribution is 2.44. The largest absolute Gasteiger partial charge is 0.497 e. The zero-order chi connectivity index (χ0) is 11.1. The second-order valence-corrected chi connectivity index (χ2v) is 6.06. The van der Waals surface area contributed by atoms with E-state index in [0.29, 0.717) is 0 Å². The Morgan fingerprint density at radius 2 is 2.20 bits per heavy atom. The lowest BCUT2D eigenvalue weighted by Crippen LogP contribution is -2.36. The third-order valence-electron chi connectivity index (χ3n) is 3.04. The van der Waals surface area contributed by atoms with Crippen LogP contribution < -0.4 is 10.5 Å². The van der Waals surface area contributed by atoms with E-state index in [1.54, 1.807) is 7.11 Å². The quantitative estimate of drug-likeness (QED) is 0.795. The number of thioether (sulfide) groups is 1. The van der Waals surface area contributed by atoms with Crippen molar-refractivity contribution in [2.24, 2.45) is 5.73 Å². The molecule has 82 valence electrons. The van der Waals surface area contributed by atoms with Crippen molar-refractivity contribution in [3.8, 4) is 5.75 Å². The van der Waals surface area contributed by atoms with Crippen molar-refractivity contribution in [3.63, 3.8) is 0 Å². The minimum absolute atomic E-state index is 0.0846. The second-order valence-electron chi connectivity index (χ2n) is 4.43. The number of methoxy groups -OCH3 is 1. The number of benzene rings is 1. The van der Waals surface area contributed by atoms with Crippen molar-refractivity contribution in [1.29, 1.82) is 0 Å². The lowest BCUT2D eigenvalue weighted by atomic mass is 9.92. The molecule has 2 nitrogen and oxygen atoms in total. The molecule has 0 saturated carbocycles. The van der Waals surface area contributed by atoms with Gasteiger partial charge in [0.2, 0.25) is 0 Å². The molecule has 3 heteroatoms. The summed E-state index contributed by atoms with van der Waals surface area (Å²) in [6.07, 6.45) is 0. The molecule has 1 aliphatic heterocycles. The van der Waals surface area contributed by atoms with Crippen LogP contribution in [-0.2, 0) is 5.75 Å². The number of nitrogens with two attached hydrogens (primary N) is 1. The molecule has 1 aromatic rings. The van der Waals surface area contributed by atoms with Crippen molar-refractivity contribution in [2.75, 3.05) is 7.11 Å². The normalized spacial score (nSPS) is 23.3. The van der Waals surface area contributed by atoms with E-state index in [-0.39, 0.29) is 10.8 Å². The molecule has 0 spiro atoms. The molecular formula is C12H17NOS. The predicted octanol–water partition coefficient (Wildman–Crippen LogP) is 2.72. The van der Waals surface area contributed by atoms with Gasteiger partial charge in [-0.05, 0) is 37.1 Å². The third kappa shape index (κ3) is 1.86. The van der Waals surface area contributed by atoms with E-state index < -0.39 is 0 Å². The van der Waals surface area contributed by atoms with E-state index in [0.717, 1.165) is 11.5 Å². The molecule has 1 atom stereocenters. The second kappa shape index (κ2) is 3.72. The van der Waals surface area contributed by atoms with Gasteiger partial charge in [0.1, 0.15) is 5.75 Å². The highest BCUT2D eigenvalue weighted by atomic mass is 32.2. The van der Waals surface area contributed by atoms with Crippen LogP contribution in [0, 0.1) is 0 Å². The maximum Gasteiger partial charge on any atom is 0.119 e. The molecule has 0 aliphatic carbocycles. The van der Waals surface area contributed by atoms with Gasteiger partial charge in [0.15, 0.2) is 0 Å². The highest BCUT2D eigenvalue weighted by molar-refractivity contribution is 7.99. The first kappa shape index (κ1) is 10.8. The van der Waals surface area contributed by atoms with E-state index in [1.165, 1.54) is 11.1 Å². The molecule has 1 unspecified atom stereocenters. The molecule has 2 N–H and O–H groups in total. The molecule has 0 saturated heterocycles. The van der Waals surface area contributed by atoms with Gasteiger partial charge in [-0.2, -0.15) is 0 Å². The van der Waals surface area contributed by atoms with E-state index >= 15 is 0 Å². The SMILES string of the molecule is COc1ccc2c(c1)C(N)C(C)(C)SC2. The van der Waals surface area contributed by atoms with Crippen LogP contribution in [0.25, 0.3) is 0 Å². The molecular weight excluding hydrogens is 206 g/mol. The first-order chi connectivity index (χ1) is 7.04. The van der Waals surface area contributed by atoms with E-state index in [4.69, 9.17) is 10.5 Å². The summed E-state index contributed by atoms with van der Waals surface area (Å²) in [7, 11) is 1.69. The standard InChI is InChI=1S/C12H17NOS/c1-12(2)11(13)10-6-9(14-3)5-4-8(10)7-15-12/h4-6,11H,7,13H2,1-3H3. The number of fused-ring (bicyclic) bond motifs is 1. The van der Waals surface area contributed by atoms with Gasteiger partial charge in [-0.25, -0.2) is 0 Å². The summed E-state index contributed by atoms with van der Waals surface area (Å²) in [5, 5.41) is 0. The van der Waals surface area contributed by atoms with Crippen molar-refractivity contribution in [2.45, 2.75) is 30.4 Å². The van der Waals surface area contributed by atoms with Crippen LogP contribution >= 0.6 is 11.8 Å². The molecule has 1 aliphatic rings.